The van der Waals surface area contributed by atoms with Crippen LogP contribution in [0, 0.1) is 5.82 Å². The smallest absolute Gasteiger partial charge is 0.433 e. The number of carbonyl (C=O) groups is 1. The summed E-state index contributed by atoms with van der Waals surface area (Å²) in [5.74, 6) is -1.91. The normalized spacial score (nSPS) is 11.5. The summed E-state index contributed by atoms with van der Waals surface area (Å²) in [6.07, 6.45) is -4.80. The zero-order chi connectivity index (χ0) is 18.2. The fraction of sp³-hybridized carbons (Fsp3) is 0.214. The number of aryl methyl sites for hydroxylation is 1. The van der Waals surface area contributed by atoms with Crippen molar-refractivity contribution in [3.63, 3.8) is 0 Å². The van der Waals surface area contributed by atoms with E-state index in [1.807, 2.05) is 0 Å². The standard InChI is InChI=1S/C14H9ClF4N2O3/c1-21-11(14(17,18)19)5-10(22)12(20-21)7-3-6(13(23)24-2)8(15)4-9(7)16/h3-5H,1-2H3. The maximum absolute atomic E-state index is 14.1. The molecule has 10 heteroatoms. The van der Waals surface area contributed by atoms with Gasteiger partial charge >= 0.3 is 12.1 Å². The van der Waals surface area contributed by atoms with E-state index in [1.54, 1.807) is 0 Å². The number of ether oxygens (including phenoxy) is 1. The monoisotopic (exact) mass is 364 g/mol. The van der Waals surface area contributed by atoms with Gasteiger partial charge in [0.2, 0.25) is 5.43 Å². The van der Waals surface area contributed by atoms with E-state index >= 15 is 0 Å². The molecule has 0 unspecified atom stereocenters. The van der Waals surface area contributed by atoms with E-state index in [0.29, 0.717) is 10.7 Å². The molecule has 0 saturated heterocycles. The van der Waals surface area contributed by atoms with Crippen LogP contribution in [0.4, 0.5) is 17.6 Å². The molecule has 0 radical (unpaired) electrons. The molecule has 0 amide bonds. The first kappa shape index (κ1) is 17.9. The number of hydrogen-bond donors (Lipinski definition) is 0. The summed E-state index contributed by atoms with van der Waals surface area (Å²) in [4.78, 5) is 23.5. The predicted octanol–water partition coefficient (Wildman–Crippen LogP) is 3.05. The van der Waals surface area contributed by atoms with E-state index in [-0.39, 0.29) is 10.6 Å². The maximum atomic E-state index is 14.1. The summed E-state index contributed by atoms with van der Waals surface area (Å²) >= 11 is 5.73. The van der Waals surface area contributed by atoms with Crippen molar-refractivity contribution in [2.75, 3.05) is 7.11 Å². The number of esters is 1. The van der Waals surface area contributed by atoms with Crippen LogP contribution in [-0.4, -0.2) is 22.9 Å². The summed E-state index contributed by atoms with van der Waals surface area (Å²) in [5, 5.41) is 3.20. The molecule has 5 nitrogen and oxygen atoms in total. The summed E-state index contributed by atoms with van der Waals surface area (Å²) < 4.78 is 57.2. The SMILES string of the molecule is COC(=O)c1cc(-c2nn(C)c(C(F)(F)F)cc2=O)c(F)cc1Cl. The van der Waals surface area contributed by atoms with E-state index in [2.05, 4.69) is 9.84 Å². The average molecular weight is 365 g/mol. The Morgan fingerprint density at radius 1 is 1.29 bits per heavy atom. The van der Waals surface area contributed by atoms with Gasteiger partial charge in [-0.2, -0.15) is 18.3 Å². The number of rotatable bonds is 2. The quantitative estimate of drug-likeness (QED) is 0.607. The van der Waals surface area contributed by atoms with Gasteiger partial charge < -0.3 is 4.74 Å². The number of benzene rings is 1. The zero-order valence-corrected chi connectivity index (χ0v) is 13.0. The molecule has 0 aliphatic rings. The van der Waals surface area contributed by atoms with Gasteiger partial charge in [-0.1, -0.05) is 11.6 Å². The molecule has 0 N–H and O–H groups in total. The third-order valence-corrected chi connectivity index (χ3v) is 3.42. The van der Waals surface area contributed by atoms with Gasteiger partial charge in [-0.3, -0.25) is 9.48 Å². The number of carbonyl (C=O) groups excluding carboxylic acids is 1. The second kappa shape index (κ2) is 6.23. The Balaban J connectivity index is 2.71. The summed E-state index contributed by atoms with van der Waals surface area (Å²) in [7, 11) is 2.03. The van der Waals surface area contributed by atoms with Gasteiger partial charge in [0.15, 0.2) is 0 Å². The van der Waals surface area contributed by atoms with E-state index in [9.17, 15) is 27.2 Å². The number of halogens is 5. The van der Waals surface area contributed by atoms with E-state index < -0.39 is 40.3 Å². The first-order chi connectivity index (χ1) is 11.1. The second-order valence-electron chi connectivity index (χ2n) is 4.67. The molecule has 1 heterocycles. The van der Waals surface area contributed by atoms with Crippen LogP contribution >= 0.6 is 11.6 Å². The molecular weight excluding hydrogens is 356 g/mol. The van der Waals surface area contributed by atoms with Crippen LogP contribution in [0.3, 0.4) is 0 Å². The lowest BCUT2D eigenvalue weighted by Gasteiger charge is -2.13. The summed E-state index contributed by atoms with van der Waals surface area (Å²) in [6, 6.07) is 1.95. The van der Waals surface area contributed by atoms with Gasteiger partial charge in [0, 0.05) is 18.7 Å². The van der Waals surface area contributed by atoms with Crippen LogP contribution in [0.25, 0.3) is 11.3 Å². The minimum atomic E-state index is -4.80. The Kier molecular flexibility index (Phi) is 4.66. The highest BCUT2D eigenvalue weighted by atomic mass is 35.5. The predicted molar refractivity (Wildman–Crippen MR) is 76.2 cm³/mol. The molecule has 0 aliphatic heterocycles. The van der Waals surface area contributed by atoms with Crippen molar-refractivity contribution in [1.29, 1.82) is 0 Å². The first-order valence-electron chi connectivity index (χ1n) is 6.29. The lowest BCUT2D eigenvalue weighted by atomic mass is 10.1. The average Bonchev–Trinajstić information content (AvgIpc) is 2.48. The molecular formula is C14H9ClF4N2O3. The zero-order valence-electron chi connectivity index (χ0n) is 12.2. The van der Waals surface area contributed by atoms with Crippen molar-refractivity contribution in [3.05, 3.63) is 50.5 Å². The van der Waals surface area contributed by atoms with Crippen LogP contribution in [0.1, 0.15) is 16.1 Å². The number of alkyl halides is 3. The van der Waals surface area contributed by atoms with Crippen LogP contribution < -0.4 is 5.43 Å². The second-order valence-corrected chi connectivity index (χ2v) is 5.07. The van der Waals surface area contributed by atoms with Crippen molar-refractivity contribution >= 4 is 17.6 Å². The van der Waals surface area contributed by atoms with Crippen molar-refractivity contribution in [2.45, 2.75) is 6.18 Å². The van der Waals surface area contributed by atoms with Crippen LogP contribution in [-0.2, 0) is 18.0 Å². The van der Waals surface area contributed by atoms with Crippen molar-refractivity contribution in [2.24, 2.45) is 7.05 Å². The van der Waals surface area contributed by atoms with Crippen LogP contribution in [0.2, 0.25) is 5.02 Å². The Hall–Kier alpha value is -2.42. The van der Waals surface area contributed by atoms with Crippen LogP contribution in [0.5, 0.6) is 0 Å². The van der Waals surface area contributed by atoms with Crippen molar-refractivity contribution in [1.82, 2.24) is 9.78 Å². The minimum absolute atomic E-state index is 0.251. The molecule has 0 spiro atoms. The van der Waals surface area contributed by atoms with E-state index in [0.717, 1.165) is 26.3 Å². The minimum Gasteiger partial charge on any atom is -0.465 e. The van der Waals surface area contributed by atoms with Gasteiger partial charge in [0.05, 0.1) is 17.7 Å². The lowest BCUT2D eigenvalue weighted by molar-refractivity contribution is -0.144. The molecule has 0 saturated carbocycles. The van der Waals surface area contributed by atoms with Gasteiger partial charge in [-0.15, -0.1) is 0 Å². The van der Waals surface area contributed by atoms with Crippen molar-refractivity contribution in [3.8, 4) is 11.3 Å². The highest BCUT2D eigenvalue weighted by molar-refractivity contribution is 6.33. The molecule has 0 fully saturated rings. The lowest BCUT2D eigenvalue weighted by Crippen LogP contribution is -2.23. The van der Waals surface area contributed by atoms with Crippen molar-refractivity contribution < 1.29 is 27.1 Å². The highest BCUT2D eigenvalue weighted by Gasteiger charge is 2.34. The molecule has 2 rings (SSSR count). The summed E-state index contributed by atoms with van der Waals surface area (Å²) in [6.45, 7) is 0. The third-order valence-electron chi connectivity index (χ3n) is 3.11. The number of aromatic nitrogens is 2. The van der Waals surface area contributed by atoms with Gasteiger partial charge in [0.25, 0.3) is 0 Å². The summed E-state index contributed by atoms with van der Waals surface area (Å²) in [5.41, 5.74) is -3.76. The first-order valence-corrected chi connectivity index (χ1v) is 6.67. The van der Waals surface area contributed by atoms with Gasteiger partial charge in [-0.05, 0) is 12.1 Å². The van der Waals surface area contributed by atoms with Gasteiger partial charge in [0.1, 0.15) is 17.2 Å². The fourth-order valence-electron chi connectivity index (χ4n) is 1.99. The van der Waals surface area contributed by atoms with Crippen LogP contribution in [0.15, 0.2) is 23.0 Å². The van der Waals surface area contributed by atoms with E-state index in [4.69, 9.17) is 11.6 Å². The molecule has 2 aromatic rings. The van der Waals surface area contributed by atoms with Gasteiger partial charge in [-0.25, -0.2) is 9.18 Å². The molecule has 0 bridgehead atoms. The molecule has 0 aliphatic carbocycles. The number of nitrogens with zero attached hydrogens (tertiary/aromatic N) is 2. The molecule has 128 valence electrons. The largest absolute Gasteiger partial charge is 0.465 e. The number of methoxy groups -OCH3 is 1. The maximum Gasteiger partial charge on any atom is 0.433 e. The molecule has 1 aromatic heterocycles. The molecule has 0 atom stereocenters. The number of hydrogen-bond acceptors (Lipinski definition) is 4. The Labute approximate surface area is 137 Å². The topological polar surface area (TPSA) is 61.2 Å². The Morgan fingerprint density at radius 2 is 1.92 bits per heavy atom. The molecule has 24 heavy (non-hydrogen) atoms. The van der Waals surface area contributed by atoms with E-state index in [1.165, 1.54) is 0 Å². The molecule has 1 aromatic carbocycles. The third kappa shape index (κ3) is 3.25. The fourth-order valence-corrected chi connectivity index (χ4v) is 2.22. The highest BCUT2D eigenvalue weighted by Crippen LogP contribution is 2.30. The Morgan fingerprint density at radius 3 is 2.46 bits per heavy atom. The Bertz CT molecular complexity index is 878.